The number of nitriles is 1. The van der Waals surface area contributed by atoms with Gasteiger partial charge in [0.15, 0.2) is 11.6 Å². The van der Waals surface area contributed by atoms with Crippen molar-refractivity contribution in [1.82, 2.24) is 0 Å². The molecule has 0 saturated carbocycles. The molecule has 0 aromatic heterocycles. The van der Waals surface area contributed by atoms with Crippen molar-refractivity contribution in [2.45, 2.75) is 0 Å². The second kappa shape index (κ2) is 3.72. The Balaban J connectivity index is 3.34. The zero-order valence-electron chi connectivity index (χ0n) is 6.27. The molecule has 0 amide bonds. The van der Waals surface area contributed by atoms with Crippen molar-refractivity contribution in [2.75, 3.05) is 7.11 Å². The van der Waals surface area contributed by atoms with E-state index in [0.717, 1.165) is 3.57 Å². The standard InChI is InChI=1S/C8H5FINO/c1-12-7-3-6(10)2-5(4-11)8(7)9/h2-3H,1H3. The van der Waals surface area contributed by atoms with Crippen LogP contribution < -0.4 is 4.74 Å². The molecule has 0 spiro atoms. The lowest BCUT2D eigenvalue weighted by Crippen LogP contribution is -1.92. The molecule has 0 N–H and O–H groups in total. The molecule has 1 aromatic rings. The smallest absolute Gasteiger partial charge is 0.182 e. The maximum atomic E-state index is 13.1. The van der Waals surface area contributed by atoms with Crippen LogP contribution in [0.3, 0.4) is 0 Å². The highest BCUT2D eigenvalue weighted by atomic mass is 127. The van der Waals surface area contributed by atoms with Crippen molar-refractivity contribution in [1.29, 1.82) is 5.26 Å². The summed E-state index contributed by atoms with van der Waals surface area (Å²) in [7, 11) is 1.37. The van der Waals surface area contributed by atoms with E-state index in [-0.39, 0.29) is 11.3 Å². The number of ether oxygens (including phenoxy) is 1. The molecular weight excluding hydrogens is 272 g/mol. The average molecular weight is 277 g/mol. The lowest BCUT2D eigenvalue weighted by molar-refractivity contribution is 0.385. The van der Waals surface area contributed by atoms with Gasteiger partial charge >= 0.3 is 0 Å². The van der Waals surface area contributed by atoms with Crippen LogP contribution in [0.15, 0.2) is 12.1 Å². The topological polar surface area (TPSA) is 33.0 Å². The molecule has 0 radical (unpaired) electrons. The predicted octanol–water partition coefficient (Wildman–Crippen LogP) is 2.31. The highest BCUT2D eigenvalue weighted by Gasteiger charge is 2.09. The summed E-state index contributed by atoms with van der Waals surface area (Å²) in [6.07, 6.45) is 0. The summed E-state index contributed by atoms with van der Waals surface area (Å²) in [6.45, 7) is 0. The van der Waals surface area contributed by atoms with E-state index in [0.29, 0.717) is 0 Å². The van der Waals surface area contributed by atoms with Crippen LogP contribution in [0.4, 0.5) is 4.39 Å². The minimum atomic E-state index is -0.597. The molecule has 0 aliphatic carbocycles. The van der Waals surface area contributed by atoms with Crippen LogP contribution in [0.25, 0.3) is 0 Å². The Kier molecular flexibility index (Phi) is 2.87. The Bertz CT molecular complexity index is 346. The predicted molar refractivity (Wildman–Crippen MR) is 50.4 cm³/mol. The van der Waals surface area contributed by atoms with Crippen LogP contribution in [-0.4, -0.2) is 7.11 Å². The maximum absolute atomic E-state index is 13.1. The van der Waals surface area contributed by atoms with Gasteiger partial charge in [0.1, 0.15) is 6.07 Å². The molecule has 12 heavy (non-hydrogen) atoms. The number of rotatable bonds is 1. The first-order valence-corrected chi connectivity index (χ1v) is 4.20. The van der Waals surface area contributed by atoms with Gasteiger partial charge in [-0.05, 0) is 34.7 Å². The first-order chi connectivity index (χ1) is 5.69. The van der Waals surface area contributed by atoms with Crippen LogP contribution >= 0.6 is 22.6 Å². The van der Waals surface area contributed by atoms with Gasteiger partial charge in [-0.2, -0.15) is 5.26 Å². The average Bonchev–Trinajstić information content (AvgIpc) is 2.08. The highest BCUT2D eigenvalue weighted by molar-refractivity contribution is 14.1. The molecule has 0 heterocycles. The van der Waals surface area contributed by atoms with E-state index in [4.69, 9.17) is 10.00 Å². The summed E-state index contributed by atoms with van der Waals surface area (Å²) < 4.78 is 18.6. The van der Waals surface area contributed by atoms with Crippen molar-refractivity contribution in [3.8, 4) is 11.8 Å². The van der Waals surface area contributed by atoms with Crippen LogP contribution in [0.5, 0.6) is 5.75 Å². The molecular formula is C8H5FINO. The summed E-state index contributed by atoms with van der Waals surface area (Å²) in [5.41, 5.74) is 0.0127. The molecule has 2 nitrogen and oxygen atoms in total. The van der Waals surface area contributed by atoms with Crippen LogP contribution in [0.1, 0.15) is 5.56 Å². The van der Waals surface area contributed by atoms with E-state index in [2.05, 4.69) is 0 Å². The Morgan fingerprint density at radius 2 is 2.25 bits per heavy atom. The Morgan fingerprint density at radius 1 is 1.58 bits per heavy atom. The van der Waals surface area contributed by atoms with Crippen LogP contribution in [0.2, 0.25) is 0 Å². The summed E-state index contributed by atoms with van der Waals surface area (Å²) in [4.78, 5) is 0. The first kappa shape index (κ1) is 9.26. The van der Waals surface area contributed by atoms with Crippen molar-refractivity contribution in [3.05, 3.63) is 27.1 Å². The van der Waals surface area contributed by atoms with Crippen molar-refractivity contribution < 1.29 is 9.13 Å². The molecule has 0 bridgehead atoms. The van der Waals surface area contributed by atoms with Gasteiger partial charge in [-0.15, -0.1) is 0 Å². The van der Waals surface area contributed by atoms with E-state index < -0.39 is 5.82 Å². The molecule has 0 unspecified atom stereocenters. The molecule has 0 aliphatic heterocycles. The fourth-order valence-corrected chi connectivity index (χ4v) is 1.39. The van der Waals surface area contributed by atoms with Crippen molar-refractivity contribution >= 4 is 22.6 Å². The summed E-state index contributed by atoms with van der Waals surface area (Å²) in [5, 5.41) is 8.51. The molecule has 0 saturated heterocycles. The minimum absolute atomic E-state index is 0.0127. The highest BCUT2D eigenvalue weighted by Crippen LogP contribution is 2.23. The van der Waals surface area contributed by atoms with Crippen LogP contribution in [-0.2, 0) is 0 Å². The number of methoxy groups -OCH3 is 1. The molecule has 4 heteroatoms. The Hall–Kier alpha value is -0.830. The van der Waals surface area contributed by atoms with Gasteiger partial charge in [-0.25, -0.2) is 4.39 Å². The van der Waals surface area contributed by atoms with Crippen molar-refractivity contribution in [3.63, 3.8) is 0 Å². The van der Waals surface area contributed by atoms with E-state index in [1.54, 1.807) is 6.07 Å². The normalized spacial score (nSPS) is 9.17. The zero-order chi connectivity index (χ0) is 9.14. The monoisotopic (exact) mass is 277 g/mol. The molecule has 62 valence electrons. The van der Waals surface area contributed by atoms with E-state index in [9.17, 15) is 4.39 Å². The maximum Gasteiger partial charge on any atom is 0.182 e. The number of nitrogens with zero attached hydrogens (tertiary/aromatic N) is 1. The molecule has 0 fully saturated rings. The molecule has 0 atom stereocenters. The largest absolute Gasteiger partial charge is 0.494 e. The van der Waals surface area contributed by atoms with E-state index >= 15 is 0 Å². The van der Waals surface area contributed by atoms with Gasteiger partial charge in [0.2, 0.25) is 0 Å². The van der Waals surface area contributed by atoms with Crippen LogP contribution in [0, 0.1) is 20.7 Å². The lowest BCUT2D eigenvalue weighted by atomic mass is 10.2. The third-order valence-electron chi connectivity index (χ3n) is 1.34. The minimum Gasteiger partial charge on any atom is -0.494 e. The van der Waals surface area contributed by atoms with E-state index in [1.165, 1.54) is 19.2 Å². The summed E-state index contributed by atoms with van der Waals surface area (Å²) >= 11 is 2.00. The number of halogens is 2. The van der Waals surface area contributed by atoms with E-state index in [1.807, 2.05) is 22.6 Å². The lowest BCUT2D eigenvalue weighted by Gasteiger charge is -2.02. The third-order valence-corrected chi connectivity index (χ3v) is 1.97. The molecule has 1 aromatic carbocycles. The molecule has 1 rings (SSSR count). The fraction of sp³-hybridized carbons (Fsp3) is 0.125. The zero-order valence-corrected chi connectivity index (χ0v) is 8.42. The quantitative estimate of drug-likeness (QED) is 0.738. The summed E-state index contributed by atoms with van der Waals surface area (Å²) in [6, 6.07) is 4.76. The number of benzene rings is 1. The third kappa shape index (κ3) is 1.67. The first-order valence-electron chi connectivity index (χ1n) is 3.12. The number of hydrogen-bond donors (Lipinski definition) is 0. The SMILES string of the molecule is COc1cc(I)cc(C#N)c1F. The van der Waals surface area contributed by atoms with Gasteiger partial charge < -0.3 is 4.74 Å². The van der Waals surface area contributed by atoms with Gasteiger partial charge in [0.25, 0.3) is 0 Å². The Morgan fingerprint density at radius 3 is 2.75 bits per heavy atom. The summed E-state index contributed by atoms with van der Waals surface area (Å²) in [5.74, 6) is -0.487. The number of hydrogen-bond acceptors (Lipinski definition) is 2. The van der Waals surface area contributed by atoms with Crippen molar-refractivity contribution in [2.24, 2.45) is 0 Å². The van der Waals surface area contributed by atoms with Gasteiger partial charge in [-0.1, -0.05) is 0 Å². The molecule has 0 aliphatic rings. The second-order valence-corrected chi connectivity index (χ2v) is 3.33. The van der Waals surface area contributed by atoms with Gasteiger partial charge in [0.05, 0.1) is 12.7 Å². The fourth-order valence-electron chi connectivity index (χ4n) is 0.794. The van der Waals surface area contributed by atoms with Gasteiger partial charge in [-0.3, -0.25) is 0 Å². The Labute approximate surface area is 83.1 Å². The second-order valence-electron chi connectivity index (χ2n) is 2.08. The van der Waals surface area contributed by atoms with Gasteiger partial charge in [0, 0.05) is 3.57 Å².